The van der Waals surface area contributed by atoms with Gasteiger partial charge in [-0.15, -0.1) is 0 Å². The van der Waals surface area contributed by atoms with Crippen LogP contribution in [0, 0.1) is 0 Å². The molecule has 3 aromatic rings. The maximum atomic E-state index is 12.4. The van der Waals surface area contributed by atoms with E-state index in [1.807, 2.05) is 36.4 Å². The maximum Gasteiger partial charge on any atom is 0.258 e. The van der Waals surface area contributed by atoms with Crippen molar-refractivity contribution in [3.8, 4) is 5.75 Å². The third-order valence-electron chi connectivity index (χ3n) is 5.00. The highest BCUT2D eigenvalue weighted by atomic mass is 32.1. The Bertz CT molecular complexity index is 907. The fourth-order valence-electron chi connectivity index (χ4n) is 3.48. The van der Waals surface area contributed by atoms with Crippen LogP contribution >= 0.6 is 11.3 Å². The lowest BCUT2D eigenvalue weighted by molar-refractivity contribution is -0.123. The Kier molecular flexibility index (Phi) is 6.21. The highest BCUT2D eigenvalue weighted by Gasteiger charge is 2.23. The van der Waals surface area contributed by atoms with Gasteiger partial charge in [0.1, 0.15) is 5.75 Å². The minimum absolute atomic E-state index is 0.0117. The van der Waals surface area contributed by atoms with Gasteiger partial charge in [0, 0.05) is 19.6 Å². The van der Waals surface area contributed by atoms with E-state index >= 15 is 0 Å². The Morgan fingerprint density at radius 3 is 2.75 bits per heavy atom. The van der Waals surface area contributed by atoms with Crippen LogP contribution in [0.5, 0.6) is 5.75 Å². The zero-order valence-corrected chi connectivity index (χ0v) is 16.5. The van der Waals surface area contributed by atoms with Crippen LogP contribution in [0.15, 0.2) is 59.3 Å². The van der Waals surface area contributed by atoms with Crippen molar-refractivity contribution in [2.24, 2.45) is 0 Å². The molecule has 0 spiro atoms. The summed E-state index contributed by atoms with van der Waals surface area (Å²) >= 11 is 1.68. The van der Waals surface area contributed by atoms with Gasteiger partial charge in [-0.05, 0) is 45.3 Å². The van der Waals surface area contributed by atoms with Crippen molar-refractivity contribution in [2.45, 2.75) is 6.04 Å². The molecule has 1 saturated heterocycles. The van der Waals surface area contributed by atoms with Crippen molar-refractivity contribution >= 4 is 28.0 Å². The van der Waals surface area contributed by atoms with Gasteiger partial charge in [0.25, 0.3) is 5.91 Å². The Labute approximate surface area is 168 Å². The summed E-state index contributed by atoms with van der Waals surface area (Å²) in [6.45, 7) is 3.81. The number of carbonyl (C=O) groups is 1. The molecule has 5 nitrogen and oxygen atoms in total. The molecule has 1 aromatic heterocycles. The lowest BCUT2D eigenvalue weighted by Crippen LogP contribution is -2.44. The van der Waals surface area contributed by atoms with Crippen molar-refractivity contribution in [3.63, 3.8) is 0 Å². The van der Waals surface area contributed by atoms with Gasteiger partial charge in [-0.3, -0.25) is 9.69 Å². The van der Waals surface area contributed by atoms with Crippen molar-refractivity contribution in [2.75, 3.05) is 39.5 Å². The monoisotopic (exact) mass is 396 g/mol. The Hall–Kier alpha value is -2.41. The van der Waals surface area contributed by atoms with Gasteiger partial charge in [-0.1, -0.05) is 30.3 Å². The van der Waals surface area contributed by atoms with E-state index in [0.29, 0.717) is 12.3 Å². The summed E-state index contributed by atoms with van der Waals surface area (Å²) in [4.78, 5) is 14.7. The molecule has 0 bridgehead atoms. The second-order valence-electron chi connectivity index (χ2n) is 6.82. The quantitative estimate of drug-likeness (QED) is 0.664. The third-order valence-corrected chi connectivity index (χ3v) is 5.70. The smallest absolute Gasteiger partial charge is 0.258 e. The van der Waals surface area contributed by atoms with E-state index in [2.05, 4.69) is 33.1 Å². The number of nitrogens with zero attached hydrogens (tertiary/aromatic N) is 1. The summed E-state index contributed by atoms with van der Waals surface area (Å²) in [5, 5.41) is 9.52. The van der Waals surface area contributed by atoms with Crippen LogP contribution in [0.1, 0.15) is 11.6 Å². The molecule has 2 heterocycles. The van der Waals surface area contributed by atoms with Gasteiger partial charge < -0.3 is 14.8 Å². The molecule has 1 fully saturated rings. The Morgan fingerprint density at radius 1 is 1.14 bits per heavy atom. The molecule has 1 amide bonds. The molecule has 2 aromatic carbocycles. The molecule has 0 radical (unpaired) electrons. The standard InChI is InChI=1S/C22H24N2O3S/c25-22(15-27-20-6-5-17-3-1-2-4-18(17)13-20)23-14-21(19-7-12-28-16-19)24-8-10-26-11-9-24/h1-7,12-13,16,21H,8-11,14-15H2,(H,23,25). The van der Waals surface area contributed by atoms with E-state index in [1.165, 1.54) is 5.56 Å². The predicted octanol–water partition coefficient (Wildman–Crippen LogP) is 3.47. The average Bonchev–Trinajstić information content (AvgIpc) is 3.27. The number of hydrogen-bond donors (Lipinski definition) is 1. The predicted molar refractivity (Wildman–Crippen MR) is 112 cm³/mol. The van der Waals surface area contributed by atoms with Gasteiger partial charge in [-0.25, -0.2) is 0 Å². The fourth-order valence-corrected chi connectivity index (χ4v) is 4.19. The first-order valence-electron chi connectivity index (χ1n) is 9.52. The highest BCUT2D eigenvalue weighted by molar-refractivity contribution is 7.07. The maximum absolute atomic E-state index is 12.4. The Balaban J connectivity index is 1.32. The first-order chi connectivity index (χ1) is 13.8. The van der Waals surface area contributed by atoms with Crippen molar-refractivity contribution in [1.29, 1.82) is 0 Å². The van der Waals surface area contributed by atoms with Crippen LogP contribution in [0.3, 0.4) is 0 Å². The molecule has 146 valence electrons. The number of ether oxygens (including phenoxy) is 2. The largest absolute Gasteiger partial charge is 0.484 e. The van der Waals surface area contributed by atoms with Crippen molar-refractivity contribution in [1.82, 2.24) is 10.2 Å². The van der Waals surface area contributed by atoms with Gasteiger partial charge in [0.05, 0.1) is 19.3 Å². The molecule has 1 unspecified atom stereocenters. The fraction of sp³-hybridized carbons (Fsp3) is 0.318. The number of carbonyl (C=O) groups excluding carboxylic acids is 1. The minimum Gasteiger partial charge on any atom is -0.484 e. The summed E-state index contributed by atoms with van der Waals surface area (Å²) in [7, 11) is 0. The topological polar surface area (TPSA) is 50.8 Å². The SMILES string of the molecule is O=C(COc1ccc2ccccc2c1)NCC(c1ccsc1)N1CCOCC1. The minimum atomic E-state index is -0.110. The number of benzene rings is 2. The molecular weight excluding hydrogens is 372 g/mol. The Morgan fingerprint density at radius 2 is 1.96 bits per heavy atom. The molecule has 1 aliphatic heterocycles. The zero-order chi connectivity index (χ0) is 19.2. The van der Waals surface area contributed by atoms with E-state index < -0.39 is 0 Å². The number of nitrogens with one attached hydrogen (secondary N) is 1. The van der Waals surface area contributed by atoms with E-state index in [-0.39, 0.29) is 18.6 Å². The summed E-state index contributed by atoms with van der Waals surface area (Å²) in [6.07, 6.45) is 0. The molecule has 28 heavy (non-hydrogen) atoms. The van der Waals surface area contributed by atoms with Gasteiger partial charge in [0.2, 0.25) is 0 Å². The molecular formula is C22H24N2O3S. The van der Waals surface area contributed by atoms with E-state index in [9.17, 15) is 4.79 Å². The van der Waals surface area contributed by atoms with Crippen LogP contribution in [0.4, 0.5) is 0 Å². The first-order valence-corrected chi connectivity index (χ1v) is 10.5. The summed E-state index contributed by atoms with van der Waals surface area (Å²) in [5.41, 5.74) is 1.24. The highest BCUT2D eigenvalue weighted by Crippen LogP contribution is 2.23. The van der Waals surface area contributed by atoms with E-state index in [1.54, 1.807) is 11.3 Å². The van der Waals surface area contributed by atoms with Crippen LogP contribution in [0.2, 0.25) is 0 Å². The lowest BCUT2D eigenvalue weighted by atomic mass is 10.1. The summed E-state index contributed by atoms with van der Waals surface area (Å²) in [5.74, 6) is 0.595. The summed E-state index contributed by atoms with van der Waals surface area (Å²) in [6, 6.07) is 16.3. The van der Waals surface area contributed by atoms with Crippen LogP contribution < -0.4 is 10.1 Å². The second-order valence-corrected chi connectivity index (χ2v) is 7.60. The van der Waals surface area contributed by atoms with Gasteiger partial charge >= 0.3 is 0 Å². The lowest BCUT2D eigenvalue weighted by Gasteiger charge is -2.34. The second kappa shape index (κ2) is 9.19. The molecule has 1 aliphatic rings. The zero-order valence-electron chi connectivity index (χ0n) is 15.7. The van der Waals surface area contributed by atoms with Crippen molar-refractivity contribution in [3.05, 3.63) is 64.9 Å². The number of rotatable bonds is 7. The van der Waals surface area contributed by atoms with Gasteiger partial charge in [-0.2, -0.15) is 11.3 Å². The molecule has 0 aliphatic carbocycles. The number of amides is 1. The van der Waals surface area contributed by atoms with Crippen molar-refractivity contribution < 1.29 is 14.3 Å². The number of fused-ring (bicyclic) bond motifs is 1. The van der Waals surface area contributed by atoms with Crippen LogP contribution in [-0.4, -0.2) is 50.3 Å². The molecule has 0 saturated carbocycles. The van der Waals surface area contributed by atoms with Crippen LogP contribution in [0.25, 0.3) is 10.8 Å². The molecule has 6 heteroatoms. The summed E-state index contributed by atoms with van der Waals surface area (Å²) < 4.78 is 11.2. The van der Waals surface area contributed by atoms with Gasteiger partial charge in [0.15, 0.2) is 6.61 Å². The normalized spacial score (nSPS) is 16.0. The molecule has 4 rings (SSSR count). The third kappa shape index (κ3) is 4.70. The average molecular weight is 397 g/mol. The number of hydrogen-bond acceptors (Lipinski definition) is 5. The van der Waals surface area contributed by atoms with Crippen LogP contribution in [-0.2, 0) is 9.53 Å². The molecule has 1 N–H and O–H groups in total. The number of morpholine rings is 1. The van der Waals surface area contributed by atoms with E-state index in [4.69, 9.17) is 9.47 Å². The van der Waals surface area contributed by atoms with E-state index in [0.717, 1.165) is 37.1 Å². The molecule has 1 atom stereocenters. The first kappa shape index (κ1) is 18.9. The number of thiophene rings is 1.